The second-order valence-electron chi connectivity index (χ2n) is 5.22. The number of aliphatic hydroxyl groups excluding tert-OH is 1. The van der Waals surface area contributed by atoms with Crippen LogP contribution in [0.25, 0.3) is 0 Å². The molecule has 0 aromatic rings. The lowest BCUT2D eigenvalue weighted by atomic mass is 9.80. The second kappa shape index (κ2) is 7.25. The van der Waals surface area contributed by atoms with Crippen molar-refractivity contribution < 1.29 is 14.6 Å². The molecule has 1 aliphatic carbocycles. The van der Waals surface area contributed by atoms with Crippen molar-refractivity contribution >= 4 is 0 Å². The summed E-state index contributed by atoms with van der Waals surface area (Å²) in [7, 11) is 1.76. The molecule has 3 heteroatoms. The van der Waals surface area contributed by atoms with Gasteiger partial charge in [0.2, 0.25) is 0 Å². The monoisotopic (exact) mass is 230 g/mol. The summed E-state index contributed by atoms with van der Waals surface area (Å²) in [4.78, 5) is 0. The zero-order valence-corrected chi connectivity index (χ0v) is 10.8. The van der Waals surface area contributed by atoms with Crippen LogP contribution in [0, 0.1) is 11.8 Å². The molecule has 3 atom stereocenters. The smallest absolute Gasteiger partial charge is 0.0837 e. The Balaban J connectivity index is 2.37. The minimum absolute atomic E-state index is 0.0996. The molecule has 1 fully saturated rings. The van der Waals surface area contributed by atoms with Gasteiger partial charge < -0.3 is 14.6 Å². The van der Waals surface area contributed by atoms with Crippen LogP contribution in [0.15, 0.2) is 0 Å². The molecule has 0 spiro atoms. The Bertz CT molecular complexity index is 182. The highest BCUT2D eigenvalue weighted by atomic mass is 16.5. The Morgan fingerprint density at radius 1 is 1.25 bits per heavy atom. The van der Waals surface area contributed by atoms with Gasteiger partial charge in [0.25, 0.3) is 0 Å². The Morgan fingerprint density at radius 3 is 2.56 bits per heavy atom. The van der Waals surface area contributed by atoms with Gasteiger partial charge in [0, 0.05) is 7.11 Å². The maximum Gasteiger partial charge on any atom is 0.0837 e. The van der Waals surface area contributed by atoms with Crippen molar-refractivity contribution in [2.45, 2.75) is 51.7 Å². The van der Waals surface area contributed by atoms with E-state index in [1.807, 2.05) is 0 Å². The van der Waals surface area contributed by atoms with Crippen LogP contribution in [0.5, 0.6) is 0 Å². The lowest BCUT2D eigenvalue weighted by Gasteiger charge is -2.35. The maximum atomic E-state index is 8.76. The van der Waals surface area contributed by atoms with Gasteiger partial charge in [0.15, 0.2) is 0 Å². The molecule has 1 N–H and O–H groups in total. The van der Waals surface area contributed by atoms with Crippen molar-refractivity contribution in [3.05, 3.63) is 0 Å². The highest BCUT2D eigenvalue weighted by Crippen LogP contribution is 2.32. The van der Waals surface area contributed by atoms with Gasteiger partial charge in [-0.1, -0.05) is 13.8 Å². The summed E-state index contributed by atoms with van der Waals surface area (Å²) in [5, 5.41) is 8.76. The number of hydrogen-bond acceptors (Lipinski definition) is 3. The van der Waals surface area contributed by atoms with Crippen LogP contribution in [-0.4, -0.2) is 37.6 Å². The molecule has 1 aliphatic rings. The van der Waals surface area contributed by atoms with E-state index in [9.17, 15) is 0 Å². The number of ether oxygens (including phenoxy) is 2. The molecule has 1 rings (SSSR count). The quantitative estimate of drug-likeness (QED) is 0.760. The Kier molecular flexibility index (Phi) is 6.32. The fourth-order valence-corrected chi connectivity index (χ4v) is 2.71. The Labute approximate surface area is 99.1 Å². The number of rotatable bonds is 6. The molecular formula is C13H26O3. The summed E-state index contributed by atoms with van der Waals surface area (Å²) in [6, 6.07) is 0. The average molecular weight is 230 g/mol. The van der Waals surface area contributed by atoms with E-state index in [2.05, 4.69) is 13.8 Å². The topological polar surface area (TPSA) is 38.7 Å². The molecule has 16 heavy (non-hydrogen) atoms. The highest BCUT2D eigenvalue weighted by Gasteiger charge is 2.31. The Hall–Kier alpha value is -0.120. The van der Waals surface area contributed by atoms with Gasteiger partial charge in [-0.15, -0.1) is 0 Å². The fraction of sp³-hybridized carbons (Fsp3) is 1.00. The van der Waals surface area contributed by atoms with E-state index in [1.165, 1.54) is 12.8 Å². The minimum Gasteiger partial charge on any atom is -0.394 e. The van der Waals surface area contributed by atoms with Gasteiger partial charge in [0.1, 0.15) is 0 Å². The first-order valence-corrected chi connectivity index (χ1v) is 6.42. The Morgan fingerprint density at radius 2 is 2.00 bits per heavy atom. The van der Waals surface area contributed by atoms with Crippen LogP contribution in [0.3, 0.4) is 0 Å². The second-order valence-corrected chi connectivity index (χ2v) is 5.22. The molecule has 0 aliphatic heterocycles. The van der Waals surface area contributed by atoms with Crippen molar-refractivity contribution in [3.8, 4) is 0 Å². The molecule has 0 saturated heterocycles. The van der Waals surface area contributed by atoms with Crippen LogP contribution in [-0.2, 0) is 9.47 Å². The first-order valence-electron chi connectivity index (χ1n) is 6.42. The van der Waals surface area contributed by atoms with Gasteiger partial charge in [-0.2, -0.15) is 0 Å². The molecule has 0 heterocycles. The molecule has 0 radical (unpaired) electrons. The predicted molar refractivity (Wildman–Crippen MR) is 64.4 cm³/mol. The standard InChI is InChI=1S/C13H26O3/c1-10(2)8-11-4-5-12(16-7-6-14)13(9-11)15-3/h10-14H,4-9H2,1-3H3/t11-,12+,13+/m0/s1. The van der Waals surface area contributed by atoms with Crippen molar-refractivity contribution in [1.82, 2.24) is 0 Å². The van der Waals surface area contributed by atoms with Crippen molar-refractivity contribution in [2.24, 2.45) is 11.8 Å². The van der Waals surface area contributed by atoms with E-state index in [4.69, 9.17) is 14.6 Å². The summed E-state index contributed by atoms with van der Waals surface area (Å²) in [5.74, 6) is 1.54. The SMILES string of the molecule is CO[C@@H]1C[C@H](CC(C)C)CC[C@H]1OCCO. The number of methoxy groups -OCH3 is 1. The predicted octanol–water partition coefficient (Wildman–Crippen LogP) is 2.23. The summed E-state index contributed by atoms with van der Waals surface area (Å²) in [5.41, 5.74) is 0. The third-order valence-electron chi connectivity index (χ3n) is 3.37. The van der Waals surface area contributed by atoms with Crippen molar-refractivity contribution in [3.63, 3.8) is 0 Å². The van der Waals surface area contributed by atoms with E-state index in [1.54, 1.807) is 7.11 Å². The van der Waals surface area contributed by atoms with Gasteiger partial charge in [-0.3, -0.25) is 0 Å². The zero-order chi connectivity index (χ0) is 12.0. The number of aliphatic hydroxyl groups is 1. The first-order chi connectivity index (χ1) is 7.67. The summed E-state index contributed by atoms with van der Waals surface area (Å²) in [6.07, 6.45) is 5.08. The molecule has 0 unspecified atom stereocenters. The van der Waals surface area contributed by atoms with Crippen LogP contribution in [0.4, 0.5) is 0 Å². The fourth-order valence-electron chi connectivity index (χ4n) is 2.71. The van der Waals surface area contributed by atoms with Crippen LogP contribution < -0.4 is 0 Å². The molecule has 3 nitrogen and oxygen atoms in total. The number of hydrogen-bond donors (Lipinski definition) is 1. The summed E-state index contributed by atoms with van der Waals surface area (Å²) < 4.78 is 11.1. The molecule has 0 aromatic heterocycles. The van der Waals surface area contributed by atoms with Gasteiger partial charge in [-0.05, 0) is 37.5 Å². The third kappa shape index (κ3) is 4.40. The maximum absolute atomic E-state index is 8.76. The van der Waals surface area contributed by atoms with Gasteiger partial charge in [-0.25, -0.2) is 0 Å². The molecule has 0 aromatic carbocycles. The summed E-state index contributed by atoms with van der Waals surface area (Å²) >= 11 is 0. The largest absolute Gasteiger partial charge is 0.394 e. The van der Waals surface area contributed by atoms with Crippen molar-refractivity contribution in [2.75, 3.05) is 20.3 Å². The van der Waals surface area contributed by atoms with E-state index in [0.717, 1.165) is 24.7 Å². The van der Waals surface area contributed by atoms with E-state index < -0.39 is 0 Å². The molecule has 0 bridgehead atoms. The van der Waals surface area contributed by atoms with Gasteiger partial charge >= 0.3 is 0 Å². The van der Waals surface area contributed by atoms with E-state index in [-0.39, 0.29) is 18.8 Å². The molecule has 1 saturated carbocycles. The van der Waals surface area contributed by atoms with Crippen molar-refractivity contribution in [1.29, 1.82) is 0 Å². The minimum atomic E-state index is 0.0996. The lowest BCUT2D eigenvalue weighted by molar-refractivity contribution is -0.0945. The first kappa shape index (κ1) is 13.9. The third-order valence-corrected chi connectivity index (χ3v) is 3.37. The molecule has 0 amide bonds. The molecule has 96 valence electrons. The molecular weight excluding hydrogens is 204 g/mol. The zero-order valence-electron chi connectivity index (χ0n) is 10.8. The van der Waals surface area contributed by atoms with Gasteiger partial charge in [0.05, 0.1) is 25.4 Å². The van der Waals surface area contributed by atoms with Crippen LogP contribution >= 0.6 is 0 Å². The normalized spacial score (nSPS) is 30.9. The van der Waals surface area contributed by atoms with Crippen LogP contribution in [0.1, 0.15) is 39.5 Å². The van der Waals surface area contributed by atoms with E-state index in [0.29, 0.717) is 6.61 Å². The van der Waals surface area contributed by atoms with E-state index >= 15 is 0 Å². The highest BCUT2D eigenvalue weighted by molar-refractivity contribution is 4.82. The lowest BCUT2D eigenvalue weighted by Crippen LogP contribution is -2.38. The summed E-state index contributed by atoms with van der Waals surface area (Å²) in [6.45, 7) is 5.08. The van der Waals surface area contributed by atoms with Crippen LogP contribution in [0.2, 0.25) is 0 Å². The average Bonchev–Trinajstić information content (AvgIpc) is 2.26.